The van der Waals surface area contributed by atoms with Gasteiger partial charge in [0, 0.05) is 37.3 Å². The fourth-order valence-corrected chi connectivity index (χ4v) is 4.86. The molecule has 0 spiro atoms. The SMILES string of the molecule is COc1ccc(CN2CCC(NC(=O)C(C)(C)Oc3ccc(-c4cc(=O)c5ccccc5o4)cc3)CC2)cc1. The summed E-state index contributed by atoms with van der Waals surface area (Å²) in [5, 5.41) is 3.74. The third-order valence-electron chi connectivity index (χ3n) is 7.18. The molecule has 3 aromatic carbocycles. The number of methoxy groups -OCH3 is 1. The first-order chi connectivity index (χ1) is 18.8. The van der Waals surface area contributed by atoms with Crippen LogP contribution in [0.5, 0.6) is 11.5 Å². The van der Waals surface area contributed by atoms with Crippen molar-refractivity contribution in [1.82, 2.24) is 10.2 Å². The van der Waals surface area contributed by atoms with Crippen molar-refractivity contribution < 1.29 is 18.7 Å². The van der Waals surface area contributed by atoms with Crippen molar-refractivity contribution in [3.05, 3.63) is 94.6 Å². The van der Waals surface area contributed by atoms with E-state index in [0.29, 0.717) is 22.5 Å². The molecule has 1 aliphatic heterocycles. The lowest BCUT2D eigenvalue weighted by atomic mass is 10.0. The van der Waals surface area contributed by atoms with Crippen molar-refractivity contribution in [1.29, 1.82) is 0 Å². The van der Waals surface area contributed by atoms with Gasteiger partial charge in [0.25, 0.3) is 5.91 Å². The van der Waals surface area contributed by atoms with Crippen molar-refractivity contribution in [2.75, 3.05) is 20.2 Å². The molecule has 0 bridgehead atoms. The number of carbonyl (C=O) groups is 1. The first kappa shape index (κ1) is 26.5. The second-order valence-electron chi connectivity index (χ2n) is 10.5. The number of hydrogen-bond acceptors (Lipinski definition) is 6. The molecule has 0 atom stereocenters. The van der Waals surface area contributed by atoms with Crippen LogP contribution >= 0.6 is 0 Å². The molecule has 1 aromatic heterocycles. The van der Waals surface area contributed by atoms with Crippen molar-refractivity contribution in [3.8, 4) is 22.8 Å². The quantitative estimate of drug-likeness (QED) is 0.331. The number of nitrogens with zero attached hydrogens (tertiary/aromatic N) is 1. The average Bonchev–Trinajstić information content (AvgIpc) is 2.94. The van der Waals surface area contributed by atoms with Gasteiger partial charge in [-0.15, -0.1) is 0 Å². The molecular formula is C32H34N2O5. The van der Waals surface area contributed by atoms with Gasteiger partial charge >= 0.3 is 0 Å². The van der Waals surface area contributed by atoms with E-state index in [9.17, 15) is 9.59 Å². The molecule has 1 N–H and O–H groups in total. The fraction of sp³-hybridized carbons (Fsp3) is 0.312. The van der Waals surface area contributed by atoms with Gasteiger partial charge in [-0.25, -0.2) is 0 Å². The van der Waals surface area contributed by atoms with Gasteiger partial charge in [-0.05, 0) is 80.8 Å². The largest absolute Gasteiger partial charge is 0.497 e. The van der Waals surface area contributed by atoms with Gasteiger partial charge in [-0.1, -0.05) is 24.3 Å². The normalized spacial score (nSPS) is 14.7. The number of piperidine rings is 1. The van der Waals surface area contributed by atoms with Gasteiger partial charge in [0.2, 0.25) is 0 Å². The Morgan fingerprint density at radius 2 is 1.64 bits per heavy atom. The van der Waals surface area contributed by atoms with E-state index < -0.39 is 5.60 Å². The van der Waals surface area contributed by atoms with Crippen LogP contribution in [0.15, 0.2) is 88.1 Å². The minimum atomic E-state index is -1.04. The molecule has 7 nitrogen and oxygen atoms in total. The van der Waals surface area contributed by atoms with Crippen LogP contribution in [0, 0.1) is 0 Å². The number of amides is 1. The van der Waals surface area contributed by atoms with Gasteiger partial charge in [-0.2, -0.15) is 0 Å². The van der Waals surface area contributed by atoms with Crippen LogP contribution in [0.25, 0.3) is 22.3 Å². The molecule has 1 saturated heterocycles. The van der Waals surface area contributed by atoms with E-state index in [0.717, 1.165) is 43.8 Å². The van der Waals surface area contributed by atoms with Gasteiger partial charge in [0.05, 0.1) is 12.5 Å². The predicted molar refractivity (Wildman–Crippen MR) is 152 cm³/mol. The van der Waals surface area contributed by atoms with E-state index in [1.807, 2.05) is 36.4 Å². The number of hydrogen-bond donors (Lipinski definition) is 1. The second-order valence-corrected chi connectivity index (χ2v) is 10.5. The van der Waals surface area contributed by atoms with Crippen molar-refractivity contribution >= 4 is 16.9 Å². The highest BCUT2D eigenvalue weighted by Crippen LogP contribution is 2.26. The van der Waals surface area contributed by atoms with Gasteiger partial charge in [-0.3, -0.25) is 14.5 Å². The average molecular weight is 527 g/mol. The Balaban J connectivity index is 1.14. The molecule has 2 heterocycles. The number of ether oxygens (including phenoxy) is 2. The Hall–Kier alpha value is -4.10. The Kier molecular flexibility index (Phi) is 7.70. The summed E-state index contributed by atoms with van der Waals surface area (Å²) in [6, 6.07) is 24.2. The van der Waals surface area contributed by atoms with E-state index in [1.165, 1.54) is 11.6 Å². The molecule has 1 amide bonds. The van der Waals surface area contributed by atoms with Crippen LogP contribution in [-0.2, 0) is 11.3 Å². The van der Waals surface area contributed by atoms with E-state index in [1.54, 1.807) is 45.2 Å². The van der Waals surface area contributed by atoms with Crippen molar-refractivity contribution in [3.63, 3.8) is 0 Å². The van der Waals surface area contributed by atoms with Crippen molar-refractivity contribution in [2.45, 2.75) is 44.9 Å². The maximum Gasteiger partial charge on any atom is 0.263 e. The predicted octanol–water partition coefficient (Wildman–Crippen LogP) is 5.41. The Labute approximate surface area is 228 Å². The lowest BCUT2D eigenvalue weighted by Crippen LogP contribution is -2.52. The standard InChI is InChI=1S/C32H34N2O5/c1-32(2,31(36)33-24-16-18-34(19-17-24)21-22-8-12-25(37-3)13-9-22)39-26-14-10-23(11-15-26)30-20-28(35)27-6-4-5-7-29(27)38-30/h4-15,20,24H,16-19,21H2,1-3H3,(H,33,36). The van der Waals surface area contributed by atoms with E-state index in [2.05, 4.69) is 22.3 Å². The van der Waals surface area contributed by atoms with Gasteiger partial charge in [0.1, 0.15) is 22.8 Å². The van der Waals surface area contributed by atoms with Crippen LogP contribution in [0.4, 0.5) is 0 Å². The zero-order valence-corrected chi connectivity index (χ0v) is 22.6. The maximum absolute atomic E-state index is 13.1. The zero-order chi connectivity index (χ0) is 27.4. The monoisotopic (exact) mass is 526 g/mol. The van der Waals surface area contributed by atoms with Crippen LogP contribution in [-0.4, -0.2) is 42.6 Å². The molecule has 1 fully saturated rings. The lowest BCUT2D eigenvalue weighted by Gasteiger charge is -2.34. The molecule has 0 saturated carbocycles. The molecule has 4 aromatic rings. The van der Waals surface area contributed by atoms with Crippen LogP contribution in [0.3, 0.4) is 0 Å². The van der Waals surface area contributed by atoms with E-state index in [-0.39, 0.29) is 17.4 Å². The third-order valence-corrected chi connectivity index (χ3v) is 7.18. The lowest BCUT2D eigenvalue weighted by molar-refractivity contribution is -0.135. The number of carbonyl (C=O) groups excluding carboxylic acids is 1. The van der Waals surface area contributed by atoms with Crippen LogP contribution in [0.1, 0.15) is 32.3 Å². The van der Waals surface area contributed by atoms with E-state index >= 15 is 0 Å². The summed E-state index contributed by atoms with van der Waals surface area (Å²) in [6.45, 7) is 6.28. The molecule has 7 heteroatoms. The summed E-state index contributed by atoms with van der Waals surface area (Å²) in [4.78, 5) is 28.0. The first-order valence-corrected chi connectivity index (χ1v) is 13.3. The van der Waals surface area contributed by atoms with E-state index in [4.69, 9.17) is 13.9 Å². The smallest absolute Gasteiger partial charge is 0.263 e. The molecule has 5 rings (SSSR count). The molecule has 0 aliphatic carbocycles. The Bertz CT molecular complexity index is 1480. The summed E-state index contributed by atoms with van der Waals surface area (Å²) >= 11 is 0. The zero-order valence-electron chi connectivity index (χ0n) is 22.6. The summed E-state index contributed by atoms with van der Waals surface area (Å²) < 4.78 is 17.2. The molecular weight excluding hydrogens is 492 g/mol. The van der Waals surface area contributed by atoms with Gasteiger partial charge in [0.15, 0.2) is 11.0 Å². The van der Waals surface area contributed by atoms with Crippen LogP contribution < -0.4 is 20.2 Å². The first-order valence-electron chi connectivity index (χ1n) is 13.3. The summed E-state index contributed by atoms with van der Waals surface area (Å²) in [5.41, 5.74) is 1.42. The van der Waals surface area contributed by atoms with Crippen LogP contribution in [0.2, 0.25) is 0 Å². The van der Waals surface area contributed by atoms with Gasteiger partial charge < -0.3 is 19.2 Å². The number of nitrogens with one attached hydrogen (secondary N) is 1. The number of benzene rings is 3. The highest BCUT2D eigenvalue weighted by Gasteiger charge is 2.32. The topological polar surface area (TPSA) is 81.0 Å². The number of fused-ring (bicyclic) bond motifs is 1. The minimum absolute atomic E-state index is 0.0865. The molecule has 1 aliphatic rings. The molecule has 202 valence electrons. The number of likely N-dealkylation sites (tertiary alicyclic amines) is 1. The highest BCUT2D eigenvalue weighted by atomic mass is 16.5. The minimum Gasteiger partial charge on any atom is -0.497 e. The fourth-order valence-electron chi connectivity index (χ4n) is 4.86. The molecule has 0 radical (unpaired) electrons. The Morgan fingerprint density at radius 3 is 2.33 bits per heavy atom. The Morgan fingerprint density at radius 1 is 0.974 bits per heavy atom. The third kappa shape index (κ3) is 6.32. The summed E-state index contributed by atoms with van der Waals surface area (Å²) in [6.07, 6.45) is 1.78. The molecule has 0 unspecified atom stereocenters. The summed E-state index contributed by atoms with van der Waals surface area (Å²) in [7, 11) is 1.67. The van der Waals surface area contributed by atoms with Crippen molar-refractivity contribution in [2.24, 2.45) is 0 Å². The number of para-hydroxylation sites is 1. The highest BCUT2D eigenvalue weighted by molar-refractivity contribution is 5.85. The number of rotatable bonds is 8. The second kappa shape index (κ2) is 11.3. The maximum atomic E-state index is 13.1. The molecule has 39 heavy (non-hydrogen) atoms. The summed E-state index contributed by atoms with van der Waals surface area (Å²) in [5.74, 6) is 1.77.